The summed E-state index contributed by atoms with van der Waals surface area (Å²) in [4.78, 5) is 27.6. The van der Waals surface area contributed by atoms with E-state index in [9.17, 15) is 19.3 Å². The van der Waals surface area contributed by atoms with Crippen molar-refractivity contribution in [2.45, 2.75) is 19.5 Å². The van der Waals surface area contributed by atoms with Crippen LogP contribution in [-0.4, -0.2) is 15.8 Å². The number of benzene rings is 2. The molecule has 0 saturated heterocycles. The fourth-order valence-corrected chi connectivity index (χ4v) is 2.80. The fraction of sp³-hybridized carbons (Fsp3) is 0.143. The minimum Gasteiger partial charge on any atom is -0.371 e. The largest absolute Gasteiger partial charge is 0.371 e. The fourth-order valence-electron chi connectivity index (χ4n) is 2.80. The molecule has 1 heterocycles. The predicted molar refractivity (Wildman–Crippen MR) is 107 cm³/mol. The predicted octanol–water partition coefficient (Wildman–Crippen LogP) is 4.23. The number of anilines is 1. The van der Waals surface area contributed by atoms with Crippen molar-refractivity contribution in [3.8, 4) is 0 Å². The van der Waals surface area contributed by atoms with Gasteiger partial charge in [-0.05, 0) is 37.3 Å². The van der Waals surface area contributed by atoms with Crippen LogP contribution in [0.25, 0.3) is 0 Å². The van der Waals surface area contributed by atoms with E-state index in [2.05, 4.69) is 15.6 Å². The molecule has 2 N–H and O–H groups in total. The minimum atomic E-state index is -0.554. The lowest BCUT2D eigenvalue weighted by molar-refractivity contribution is -0.384. The van der Waals surface area contributed by atoms with Gasteiger partial charge in [0.1, 0.15) is 11.5 Å². The molecule has 1 amide bonds. The molecule has 0 bridgehead atoms. The molecule has 8 heteroatoms. The molecule has 1 aromatic heterocycles. The SMILES string of the molecule is CC(Nc1ccc(C(=O)NCc2ccccc2F)cc1[N+](=O)[O-])c1ccccn1. The van der Waals surface area contributed by atoms with Crippen molar-refractivity contribution in [1.29, 1.82) is 0 Å². The van der Waals surface area contributed by atoms with Crippen LogP contribution in [0.3, 0.4) is 0 Å². The third-order valence-corrected chi connectivity index (χ3v) is 4.36. The van der Waals surface area contributed by atoms with Crippen LogP contribution >= 0.6 is 0 Å². The van der Waals surface area contributed by atoms with E-state index < -0.39 is 16.6 Å². The average molecular weight is 394 g/mol. The second-order valence-corrected chi connectivity index (χ2v) is 6.38. The number of nitrogens with zero attached hydrogens (tertiary/aromatic N) is 2. The van der Waals surface area contributed by atoms with Gasteiger partial charge in [0.25, 0.3) is 11.6 Å². The number of carbonyl (C=O) groups is 1. The van der Waals surface area contributed by atoms with Crippen molar-refractivity contribution in [2.75, 3.05) is 5.32 Å². The van der Waals surface area contributed by atoms with E-state index in [-0.39, 0.29) is 29.5 Å². The van der Waals surface area contributed by atoms with Crippen molar-refractivity contribution >= 4 is 17.3 Å². The number of halogens is 1. The topological polar surface area (TPSA) is 97.2 Å². The molecule has 148 valence electrons. The maximum atomic E-state index is 13.7. The van der Waals surface area contributed by atoms with E-state index in [4.69, 9.17) is 0 Å². The van der Waals surface area contributed by atoms with Gasteiger partial charge in [-0.25, -0.2) is 4.39 Å². The first-order chi connectivity index (χ1) is 14.0. The first-order valence-electron chi connectivity index (χ1n) is 8.93. The van der Waals surface area contributed by atoms with Crippen LogP contribution in [0, 0.1) is 15.9 Å². The highest BCUT2D eigenvalue weighted by atomic mass is 19.1. The Morgan fingerprint density at radius 1 is 1.17 bits per heavy atom. The summed E-state index contributed by atoms with van der Waals surface area (Å²) in [6.45, 7) is 1.82. The zero-order chi connectivity index (χ0) is 20.8. The summed E-state index contributed by atoms with van der Waals surface area (Å²) < 4.78 is 13.7. The van der Waals surface area contributed by atoms with E-state index in [1.165, 1.54) is 24.3 Å². The number of amides is 1. The van der Waals surface area contributed by atoms with Gasteiger partial charge in [-0.1, -0.05) is 24.3 Å². The molecule has 1 unspecified atom stereocenters. The summed E-state index contributed by atoms with van der Waals surface area (Å²) in [5.74, 6) is -0.956. The Kier molecular flexibility index (Phi) is 6.13. The van der Waals surface area contributed by atoms with Crippen LogP contribution in [0.5, 0.6) is 0 Å². The Morgan fingerprint density at radius 3 is 2.62 bits per heavy atom. The molecule has 0 saturated carbocycles. The molecule has 2 aromatic carbocycles. The maximum absolute atomic E-state index is 13.7. The van der Waals surface area contributed by atoms with E-state index in [0.717, 1.165) is 5.69 Å². The molecule has 0 aliphatic rings. The molecule has 7 nitrogen and oxygen atoms in total. The number of pyridine rings is 1. The Hall–Kier alpha value is -3.81. The standard InChI is InChI=1S/C21H19FN4O3/c1-14(18-8-4-5-11-23-18)25-19-10-9-15(12-20(19)26(28)29)21(27)24-13-16-6-2-3-7-17(16)22/h2-12,14,25H,13H2,1H3,(H,24,27). The zero-order valence-electron chi connectivity index (χ0n) is 15.6. The molecule has 0 aliphatic carbocycles. The third kappa shape index (κ3) is 4.92. The average Bonchev–Trinajstić information content (AvgIpc) is 2.73. The van der Waals surface area contributed by atoms with Gasteiger partial charge in [-0.3, -0.25) is 19.9 Å². The lowest BCUT2D eigenvalue weighted by atomic mass is 10.1. The van der Waals surface area contributed by atoms with Crippen molar-refractivity contribution in [1.82, 2.24) is 10.3 Å². The molecule has 29 heavy (non-hydrogen) atoms. The lowest BCUT2D eigenvalue weighted by Crippen LogP contribution is -2.23. The van der Waals surface area contributed by atoms with Crippen molar-refractivity contribution < 1.29 is 14.1 Å². The molecule has 0 spiro atoms. The van der Waals surface area contributed by atoms with Gasteiger partial charge in [0.2, 0.25) is 0 Å². The van der Waals surface area contributed by atoms with Crippen LogP contribution in [0.15, 0.2) is 66.9 Å². The molecule has 3 aromatic rings. The Labute approximate surface area is 166 Å². The van der Waals surface area contributed by atoms with E-state index in [1.807, 2.05) is 19.1 Å². The number of rotatable bonds is 7. The molecule has 1 atom stereocenters. The van der Waals surface area contributed by atoms with E-state index in [0.29, 0.717) is 5.56 Å². The van der Waals surface area contributed by atoms with Crippen LogP contribution in [0.1, 0.15) is 34.6 Å². The number of aromatic nitrogens is 1. The van der Waals surface area contributed by atoms with Crippen molar-refractivity contribution in [2.24, 2.45) is 0 Å². The van der Waals surface area contributed by atoms with Gasteiger partial charge < -0.3 is 10.6 Å². The highest BCUT2D eigenvalue weighted by Gasteiger charge is 2.19. The van der Waals surface area contributed by atoms with Crippen molar-refractivity contribution in [3.05, 3.63) is 99.6 Å². The molecular weight excluding hydrogens is 375 g/mol. The van der Waals surface area contributed by atoms with Crippen LogP contribution in [0.2, 0.25) is 0 Å². The van der Waals surface area contributed by atoms with E-state index >= 15 is 0 Å². The van der Waals surface area contributed by atoms with Crippen LogP contribution < -0.4 is 10.6 Å². The number of hydrogen-bond donors (Lipinski definition) is 2. The number of nitrogens with one attached hydrogen (secondary N) is 2. The second kappa shape index (κ2) is 8.92. The quantitative estimate of drug-likeness (QED) is 0.462. The second-order valence-electron chi connectivity index (χ2n) is 6.38. The lowest BCUT2D eigenvalue weighted by Gasteiger charge is -2.15. The number of nitro benzene ring substituents is 1. The number of hydrogen-bond acceptors (Lipinski definition) is 5. The summed E-state index contributed by atoms with van der Waals surface area (Å²) in [6.07, 6.45) is 1.64. The van der Waals surface area contributed by atoms with E-state index in [1.54, 1.807) is 30.5 Å². The Balaban J connectivity index is 1.76. The first-order valence-corrected chi connectivity index (χ1v) is 8.93. The van der Waals surface area contributed by atoms with Gasteiger partial charge in [-0.2, -0.15) is 0 Å². The highest BCUT2D eigenvalue weighted by molar-refractivity contribution is 5.95. The van der Waals surface area contributed by atoms with Gasteiger partial charge in [0.05, 0.1) is 16.7 Å². The van der Waals surface area contributed by atoms with Gasteiger partial charge in [0, 0.05) is 29.9 Å². The summed E-state index contributed by atoms with van der Waals surface area (Å²) >= 11 is 0. The van der Waals surface area contributed by atoms with Gasteiger partial charge in [-0.15, -0.1) is 0 Å². The van der Waals surface area contributed by atoms with Gasteiger partial charge in [0.15, 0.2) is 0 Å². The summed E-state index contributed by atoms with van der Waals surface area (Å²) in [5, 5.41) is 17.1. The van der Waals surface area contributed by atoms with Crippen LogP contribution in [0.4, 0.5) is 15.8 Å². The molecule has 0 radical (unpaired) electrons. The summed E-state index contributed by atoms with van der Waals surface area (Å²) in [6, 6.07) is 15.4. The van der Waals surface area contributed by atoms with Gasteiger partial charge >= 0.3 is 0 Å². The smallest absolute Gasteiger partial charge is 0.293 e. The monoisotopic (exact) mass is 394 g/mol. The highest BCUT2D eigenvalue weighted by Crippen LogP contribution is 2.29. The molecular formula is C21H19FN4O3. The Bertz CT molecular complexity index is 1030. The van der Waals surface area contributed by atoms with Crippen molar-refractivity contribution in [3.63, 3.8) is 0 Å². The zero-order valence-corrected chi connectivity index (χ0v) is 15.6. The maximum Gasteiger partial charge on any atom is 0.293 e. The van der Waals surface area contributed by atoms with Crippen LogP contribution in [-0.2, 0) is 6.54 Å². The normalized spacial score (nSPS) is 11.5. The minimum absolute atomic E-state index is 0.0178. The molecule has 3 rings (SSSR count). The number of carbonyl (C=O) groups excluding carboxylic acids is 1. The Morgan fingerprint density at radius 2 is 1.93 bits per heavy atom. The summed E-state index contributed by atoms with van der Waals surface area (Å²) in [7, 11) is 0. The number of nitro groups is 1. The summed E-state index contributed by atoms with van der Waals surface area (Å²) in [5.41, 5.74) is 1.22. The molecule has 0 fully saturated rings. The molecule has 0 aliphatic heterocycles. The first kappa shape index (κ1) is 19.9. The third-order valence-electron chi connectivity index (χ3n) is 4.36.